The fourth-order valence-corrected chi connectivity index (χ4v) is 2.08. The summed E-state index contributed by atoms with van der Waals surface area (Å²) in [7, 11) is 0. The quantitative estimate of drug-likeness (QED) is 0.676. The Hall–Kier alpha value is -0.180. The molecule has 0 radical (unpaired) electrons. The first-order valence-corrected chi connectivity index (χ1v) is 5.74. The molecule has 0 saturated heterocycles. The molecule has 1 atom stereocenters. The van der Waals surface area contributed by atoms with Gasteiger partial charge in [0.15, 0.2) is 0 Å². The Balaban J connectivity index is 2.85. The SMILES string of the molecule is Cc1cc(Cl)cc(C[S+](C)[O-])c1. The predicted molar refractivity (Wildman–Crippen MR) is 54.0 cm³/mol. The zero-order valence-electron chi connectivity index (χ0n) is 7.13. The second-order valence-electron chi connectivity index (χ2n) is 2.85. The molecule has 0 saturated carbocycles. The fourth-order valence-electron chi connectivity index (χ4n) is 1.13. The summed E-state index contributed by atoms with van der Waals surface area (Å²) in [6.45, 7) is 1.98. The first kappa shape index (κ1) is 9.90. The van der Waals surface area contributed by atoms with Gasteiger partial charge in [0.2, 0.25) is 0 Å². The molecule has 3 heteroatoms. The van der Waals surface area contributed by atoms with Crippen molar-refractivity contribution in [1.29, 1.82) is 0 Å². The lowest BCUT2D eigenvalue weighted by Gasteiger charge is -2.05. The number of rotatable bonds is 2. The van der Waals surface area contributed by atoms with Crippen LogP contribution in [0.15, 0.2) is 18.2 Å². The van der Waals surface area contributed by atoms with Gasteiger partial charge in [-0.2, -0.15) is 0 Å². The van der Waals surface area contributed by atoms with Crippen molar-refractivity contribution in [1.82, 2.24) is 0 Å². The van der Waals surface area contributed by atoms with E-state index in [4.69, 9.17) is 11.6 Å². The van der Waals surface area contributed by atoms with Crippen LogP contribution in [0.4, 0.5) is 0 Å². The topological polar surface area (TPSA) is 23.1 Å². The van der Waals surface area contributed by atoms with Crippen molar-refractivity contribution < 1.29 is 4.55 Å². The summed E-state index contributed by atoms with van der Waals surface area (Å²) in [6.07, 6.45) is 1.69. The van der Waals surface area contributed by atoms with E-state index in [0.29, 0.717) is 5.75 Å². The minimum Gasteiger partial charge on any atom is -0.616 e. The summed E-state index contributed by atoms with van der Waals surface area (Å²) >= 11 is 5.04. The van der Waals surface area contributed by atoms with Crippen LogP contribution in [0.3, 0.4) is 0 Å². The molecule has 0 N–H and O–H groups in total. The lowest BCUT2D eigenvalue weighted by atomic mass is 10.2. The van der Waals surface area contributed by atoms with Crippen molar-refractivity contribution in [3.63, 3.8) is 0 Å². The summed E-state index contributed by atoms with van der Waals surface area (Å²) in [5, 5.41) is 0.718. The molecule has 0 spiro atoms. The molecule has 1 aromatic rings. The van der Waals surface area contributed by atoms with Crippen molar-refractivity contribution in [2.45, 2.75) is 12.7 Å². The Bertz CT molecular complexity index is 253. The second-order valence-corrected chi connectivity index (χ2v) is 4.73. The first-order valence-electron chi connectivity index (χ1n) is 3.64. The third kappa shape index (κ3) is 3.05. The van der Waals surface area contributed by atoms with Gasteiger partial charge in [-0.15, -0.1) is 0 Å². The van der Waals surface area contributed by atoms with Gasteiger partial charge in [-0.25, -0.2) is 0 Å². The van der Waals surface area contributed by atoms with Crippen molar-refractivity contribution >= 4 is 22.8 Å². The van der Waals surface area contributed by atoms with Crippen molar-refractivity contribution in [2.24, 2.45) is 0 Å². The molecule has 0 aliphatic rings. The Morgan fingerprint density at radius 2 is 2.08 bits per heavy atom. The Morgan fingerprint density at radius 1 is 1.42 bits per heavy atom. The highest BCUT2D eigenvalue weighted by atomic mass is 35.5. The predicted octanol–water partition coefficient (Wildman–Crippen LogP) is 2.53. The Morgan fingerprint density at radius 3 is 2.58 bits per heavy atom. The summed E-state index contributed by atoms with van der Waals surface area (Å²) in [6, 6.07) is 5.76. The average molecular weight is 203 g/mol. The molecule has 0 aromatic heterocycles. The number of benzene rings is 1. The van der Waals surface area contributed by atoms with E-state index in [0.717, 1.165) is 16.1 Å². The van der Waals surface area contributed by atoms with Gasteiger partial charge in [-0.3, -0.25) is 0 Å². The van der Waals surface area contributed by atoms with Crippen molar-refractivity contribution in [2.75, 3.05) is 6.26 Å². The van der Waals surface area contributed by atoms with Gasteiger partial charge < -0.3 is 4.55 Å². The largest absolute Gasteiger partial charge is 0.616 e. The van der Waals surface area contributed by atoms with E-state index in [1.54, 1.807) is 6.26 Å². The van der Waals surface area contributed by atoms with Crippen LogP contribution in [0, 0.1) is 6.92 Å². The van der Waals surface area contributed by atoms with Crippen LogP contribution in [0.2, 0.25) is 5.02 Å². The third-order valence-corrected chi connectivity index (χ3v) is 2.43. The minimum absolute atomic E-state index is 0.585. The molecule has 0 aliphatic carbocycles. The standard InChI is InChI=1S/C9H11ClOS/c1-7-3-8(6-12(2)11)5-9(10)4-7/h3-5H,6H2,1-2H3. The first-order chi connectivity index (χ1) is 5.58. The van der Waals surface area contributed by atoms with Gasteiger partial charge in [-0.05, 0) is 24.6 Å². The molecule has 1 unspecified atom stereocenters. The van der Waals surface area contributed by atoms with Crippen LogP contribution in [0.5, 0.6) is 0 Å². The number of halogens is 1. The summed E-state index contributed by atoms with van der Waals surface area (Å²) in [5.41, 5.74) is 2.16. The van der Waals surface area contributed by atoms with Gasteiger partial charge in [-0.1, -0.05) is 28.8 Å². The van der Waals surface area contributed by atoms with Gasteiger partial charge >= 0.3 is 0 Å². The van der Waals surface area contributed by atoms with Crippen LogP contribution in [0.1, 0.15) is 11.1 Å². The smallest absolute Gasteiger partial charge is 0.130 e. The van der Waals surface area contributed by atoms with Gasteiger partial charge in [0.1, 0.15) is 5.75 Å². The monoisotopic (exact) mass is 202 g/mol. The van der Waals surface area contributed by atoms with E-state index in [1.165, 1.54) is 0 Å². The molecule has 1 nitrogen and oxygen atoms in total. The van der Waals surface area contributed by atoms with E-state index < -0.39 is 11.2 Å². The molecule has 0 amide bonds. The van der Waals surface area contributed by atoms with Crippen LogP contribution in [0.25, 0.3) is 0 Å². The minimum atomic E-state index is -0.792. The van der Waals surface area contributed by atoms with Crippen LogP contribution in [-0.2, 0) is 16.9 Å². The lowest BCUT2D eigenvalue weighted by Crippen LogP contribution is -2.00. The molecule has 0 heterocycles. The lowest BCUT2D eigenvalue weighted by molar-refractivity contribution is 0.600. The van der Waals surface area contributed by atoms with Crippen LogP contribution < -0.4 is 0 Å². The highest BCUT2D eigenvalue weighted by molar-refractivity contribution is 7.89. The molecule has 0 aliphatic heterocycles. The molecular formula is C9H11ClOS. The molecular weight excluding hydrogens is 192 g/mol. The zero-order chi connectivity index (χ0) is 9.14. The Labute approximate surface area is 80.9 Å². The fraction of sp³-hybridized carbons (Fsp3) is 0.333. The third-order valence-electron chi connectivity index (χ3n) is 1.47. The molecule has 0 fully saturated rings. The highest BCUT2D eigenvalue weighted by Gasteiger charge is 2.02. The van der Waals surface area contributed by atoms with E-state index in [1.807, 2.05) is 25.1 Å². The highest BCUT2D eigenvalue weighted by Crippen LogP contribution is 2.16. The van der Waals surface area contributed by atoms with Gasteiger partial charge in [0.25, 0.3) is 0 Å². The maximum atomic E-state index is 10.9. The molecule has 66 valence electrons. The second kappa shape index (κ2) is 4.17. The van der Waals surface area contributed by atoms with Crippen molar-refractivity contribution in [3.05, 3.63) is 34.3 Å². The summed E-state index contributed by atoms with van der Waals surface area (Å²) in [5.74, 6) is 0.585. The number of hydrogen-bond donors (Lipinski definition) is 0. The Kier molecular flexibility index (Phi) is 3.44. The molecule has 0 bridgehead atoms. The van der Waals surface area contributed by atoms with Crippen molar-refractivity contribution in [3.8, 4) is 0 Å². The number of hydrogen-bond acceptors (Lipinski definition) is 1. The van der Waals surface area contributed by atoms with Crippen LogP contribution in [-0.4, -0.2) is 10.8 Å². The number of aryl methyl sites for hydroxylation is 1. The van der Waals surface area contributed by atoms with Gasteiger partial charge in [0, 0.05) is 10.6 Å². The molecule has 1 aromatic carbocycles. The maximum absolute atomic E-state index is 10.9. The van der Waals surface area contributed by atoms with E-state index in [-0.39, 0.29) is 0 Å². The van der Waals surface area contributed by atoms with Crippen LogP contribution >= 0.6 is 11.6 Å². The summed E-state index contributed by atoms with van der Waals surface area (Å²) < 4.78 is 10.9. The van der Waals surface area contributed by atoms with Gasteiger partial charge in [0.05, 0.1) is 6.26 Å². The normalized spacial score (nSPS) is 13.0. The van der Waals surface area contributed by atoms with E-state index in [9.17, 15) is 4.55 Å². The molecule has 12 heavy (non-hydrogen) atoms. The molecule has 1 rings (SSSR count). The average Bonchev–Trinajstić information content (AvgIpc) is 1.81. The zero-order valence-corrected chi connectivity index (χ0v) is 8.71. The maximum Gasteiger partial charge on any atom is 0.130 e. The van der Waals surface area contributed by atoms with E-state index in [2.05, 4.69) is 0 Å². The summed E-state index contributed by atoms with van der Waals surface area (Å²) in [4.78, 5) is 0. The van der Waals surface area contributed by atoms with E-state index >= 15 is 0 Å².